The summed E-state index contributed by atoms with van der Waals surface area (Å²) in [5.74, 6) is 0. The van der Waals surface area contributed by atoms with Gasteiger partial charge in [-0.1, -0.05) is 11.6 Å². The van der Waals surface area contributed by atoms with E-state index < -0.39 is 10.0 Å². The van der Waals surface area contributed by atoms with E-state index in [2.05, 4.69) is 9.82 Å². The number of aryl methyl sites for hydroxylation is 2. The highest BCUT2D eigenvalue weighted by molar-refractivity contribution is 7.92. The maximum atomic E-state index is 12.4. The van der Waals surface area contributed by atoms with E-state index >= 15 is 0 Å². The van der Waals surface area contributed by atoms with Crippen LogP contribution >= 0.6 is 11.6 Å². The van der Waals surface area contributed by atoms with Crippen LogP contribution in [-0.2, 0) is 17.1 Å². The zero-order valence-corrected chi connectivity index (χ0v) is 13.2. The molecule has 0 amide bonds. The average Bonchev–Trinajstić information content (AvgIpc) is 2.64. The minimum Gasteiger partial charge on any atom is -0.276 e. The molecular formula is C13H13ClN4O2S. The molecule has 8 heteroatoms. The van der Waals surface area contributed by atoms with E-state index in [-0.39, 0.29) is 9.92 Å². The van der Waals surface area contributed by atoms with Crippen LogP contribution in [0.2, 0.25) is 5.02 Å². The smallest absolute Gasteiger partial charge is 0.263 e. The third-order valence-electron chi connectivity index (χ3n) is 3.10. The summed E-state index contributed by atoms with van der Waals surface area (Å²) >= 11 is 5.95. The number of sulfonamides is 1. The average molecular weight is 325 g/mol. The van der Waals surface area contributed by atoms with Crippen molar-refractivity contribution in [3.05, 3.63) is 40.2 Å². The van der Waals surface area contributed by atoms with Gasteiger partial charge >= 0.3 is 0 Å². The summed E-state index contributed by atoms with van der Waals surface area (Å²) in [7, 11) is -2.11. The largest absolute Gasteiger partial charge is 0.276 e. The lowest BCUT2D eigenvalue weighted by Crippen LogP contribution is -2.14. The number of anilines is 1. The number of rotatable bonds is 3. The lowest BCUT2D eigenvalue weighted by atomic mass is 10.2. The summed E-state index contributed by atoms with van der Waals surface area (Å²) in [5, 5.41) is 12.9. The second-order valence-corrected chi connectivity index (χ2v) is 6.59. The third kappa shape index (κ3) is 2.86. The summed E-state index contributed by atoms with van der Waals surface area (Å²) in [6, 6.07) is 5.94. The van der Waals surface area contributed by atoms with Crippen LogP contribution in [0.1, 0.15) is 17.0 Å². The van der Waals surface area contributed by atoms with E-state index in [4.69, 9.17) is 16.9 Å². The first kappa shape index (κ1) is 15.4. The van der Waals surface area contributed by atoms with Crippen molar-refractivity contribution in [2.24, 2.45) is 7.05 Å². The van der Waals surface area contributed by atoms with E-state index in [0.717, 1.165) is 0 Å². The molecule has 0 atom stereocenters. The van der Waals surface area contributed by atoms with E-state index in [1.54, 1.807) is 25.6 Å². The molecule has 0 aliphatic carbocycles. The van der Waals surface area contributed by atoms with E-state index in [0.29, 0.717) is 22.6 Å². The Kier molecular flexibility index (Phi) is 3.94. The summed E-state index contributed by atoms with van der Waals surface area (Å²) in [6.45, 7) is 3.48. The van der Waals surface area contributed by atoms with Gasteiger partial charge in [0.15, 0.2) is 0 Å². The van der Waals surface area contributed by atoms with Crippen LogP contribution in [0.15, 0.2) is 23.1 Å². The molecule has 0 saturated heterocycles. The Hall–Kier alpha value is -2.04. The number of benzene rings is 1. The molecule has 1 N–H and O–H groups in total. The monoisotopic (exact) mass is 324 g/mol. The molecular weight excluding hydrogens is 312 g/mol. The molecule has 0 spiro atoms. The van der Waals surface area contributed by atoms with Crippen LogP contribution in [0.25, 0.3) is 0 Å². The van der Waals surface area contributed by atoms with Crippen LogP contribution in [0.5, 0.6) is 0 Å². The Balaban J connectivity index is 2.46. The zero-order chi connectivity index (χ0) is 15.8. The Morgan fingerprint density at radius 2 is 2.05 bits per heavy atom. The van der Waals surface area contributed by atoms with Gasteiger partial charge in [0.25, 0.3) is 10.0 Å². The van der Waals surface area contributed by atoms with E-state index in [9.17, 15) is 8.42 Å². The molecule has 1 aromatic carbocycles. The van der Waals surface area contributed by atoms with Crippen molar-refractivity contribution < 1.29 is 8.42 Å². The van der Waals surface area contributed by atoms with E-state index in [1.807, 2.05) is 6.07 Å². The minimum atomic E-state index is -3.85. The van der Waals surface area contributed by atoms with Gasteiger partial charge in [0, 0.05) is 7.05 Å². The molecule has 1 heterocycles. The predicted molar refractivity (Wildman–Crippen MR) is 79.7 cm³/mol. The first-order chi connectivity index (χ1) is 9.76. The quantitative estimate of drug-likeness (QED) is 0.938. The highest BCUT2D eigenvalue weighted by Crippen LogP contribution is 2.27. The summed E-state index contributed by atoms with van der Waals surface area (Å²) < 4.78 is 28.9. The van der Waals surface area contributed by atoms with Gasteiger partial charge in [0.1, 0.15) is 4.90 Å². The van der Waals surface area contributed by atoms with Gasteiger partial charge in [0.2, 0.25) is 0 Å². The Labute approximate surface area is 128 Å². The molecule has 110 valence electrons. The minimum absolute atomic E-state index is 0.000691. The zero-order valence-electron chi connectivity index (χ0n) is 11.7. The standard InChI is InChI=1S/C13H13ClN4O2S/c1-8-13(9(2)18(3)16-8)17-21(19,20)12-5-4-10(7-15)6-11(12)14/h4-6,17H,1-3H3. The summed E-state index contributed by atoms with van der Waals surface area (Å²) in [4.78, 5) is -0.0779. The molecule has 0 aliphatic heterocycles. The van der Waals surface area contributed by atoms with Crippen molar-refractivity contribution in [2.75, 3.05) is 4.72 Å². The third-order valence-corrected chi connectivity index (χ3v) is 4.93. The number of nitriles is 1. The lowest BCUT2D eigenvalue weighted by molar-refractivity contribution is 0.601. The maximum Gasteiger partial charge on any atom is 0.263 e. The van der Waals surface area contributed by atoms with Crippen LogP contribution in [0.4, 0.5) is 5.69 Å². The fraction of sp³-hybridized carbons (Fsp3) is 0.231. The molecule has 0 unspecified atom stereocenters. The van der Waals surface area contributed by atoms with E-state index in [1.165, 1.54) is 18.2 Å². The number of hydrogen-bond donors (Lipinski definition) is 1. The number of nitrogens with one attached hydrogen (secondary N) is 1. The van der Waals surface area contributed by atoms with Crippen LogP contribution in [0.3, 0.4) is 0 Å². The van der Waals surface area contributed by atoms with Gasteiger partial charge in [-0.3, -0.25) is 9.40 Å². The van der Waals surface area contributed by atoms with Crippen molar-refractivity contribution >= 4 is 27.3 Å². The Morgan fingerprint density at radius 3 is 2.52 bits per heavy atom. The van der Waals surface area contributed by atoms with Gasteiger partial charge in [0.05, 0.1) is 33.7 Å². The molecule has 0 fully saturated rings. The van der Waals surface area contributed by atoms with Gasteiger partial charge < -0.3 is 0 Å². The summed E-state index contributed by atoms with van der Waals surface area (Å²) in [5.41, 5.74) is 2.00. The number of aromatic nitrogens is 2. The van der Waals surface area contributed by atoms with Gasteiger partial charge in [-0.2, -0.15) is 10.4 Å². The van der Waals surface area contributed by atoms with Crippen molar-refractivity contribution in [1.82, 2.24) is 9.78 Å². The van der Waals surface area contributed by atoms with Crippen molar-refractivity contribution in [3.63, 3.8) is 0 Å². The highest BCUT2D eigenvalue weighted by atomic mass is 35.5. The first-order valence-electron chi connectivity index (χ1n) is 5.99. The number of halogens is 1. The topological polar surface area (TPSA) is 87.8 Å². The molecule has 1 aromatic heterocycles. The highest BCUT2D eigenvalue weighted by Gasteiger charge is 2.21. The van der Waals surface area contributed by atoms with Crippen LogP contribution in [-0.4, -0.2) is 18.2 Å². The Bertz CT molecular complexity index is 850. The molecule has 0 radical (unpaired) electrons. The predicted octanol–water partition coefficient (Wildman–Crippen LogP) is 2.36. The number of hydrogen-bond acceptors (Lipinski definition) is 4. The first-order valence-corrected chi connectivity index (χ1v) is 7.85. The van der Waals surface area contributed by atoms with Crippen LogP contribution in [0, 0.1) is 25.2 Å². The number of nitrogens with zero attached hydrogens (tertiary/aromatic N) is 3. The van der Waals surface area contributed by atoms with Gasteiger partial charge in [-0.05, 0) is 32.0 Å². The molecule has 0 aliphatic rings. The second kappa shape index (κ2) is 5.39. The van der Waals surface area contributed by atoms with Crippen molar-refractivity contribution in [2.45, 2.75) is 18.7 Å². The van der Waals surface area contributed by atoms with Crippen molar-refractivity contribution in [1.29, 1.82) is 5.26 Å². The lowest BCUT2D eigenvalue weighted by Gasteiger charge is -2.10. The molecule has 0 saturated carbocycles. The fourth-order valence-electron chi connectivity index (χ4n) is 1.90. The molecule has 2 rings (SSSR count). The Morgan fingerprint density at radius 1 is 1.38 bits per heavy atom. The molecule has 2 aromatic rings. The fourth-order valence-corrected chi connectivity index (χ4v) is 3.62. The maximum absolute atomic E-state index is 12.4. The summed E-state index contributed by atoms with van der Waals surface area (Å²) in [6.07, 6.45) is 0. The van der Waals surface area contributed by atoms with Crippen LogP contribution < -0.4 is 4.72 Å². The van der Waals surface area contributed by atoms with Gasteiger partial charge in [-0.15, -0.1) is 0 Å². The van der Waals surface area contributed by atoms with Crippen molar-refractivity contribution in [3.8, 4) is 6.07 Å². The SMILES string of the molecule is Cc1nn(C)c(C)c1NS(=O)(=O)c1ccc(C#N)cc1Cl. The normalized spacial score (nSPS) is 11.2. The van der Waals surface area contributed by atoms with Gasteiger partial charge in [-0.25, -0.2) is 8.42 Å². The molecule has 6 nitrogen and oxygen atoms in total. The molecule has 0 bridgehead atoms. The second-order valence-electron chi connectivity index (χ2n) is 4.53. The molecule has 21 heavy (non-hydrogen) atoms.